The summed E-state index contributed by atoms with van der Waals surface area (Å²) in [5, 5.41) is 9.86. The van der Waals surface area contributed by atoms with Crippen LogP contribution in [-0.4, -0.2) is 35.1 Å². The largest absolute Gasteiger partial charge is 0.480 e. The van der Waals surface area contributed by atoms with Crippen LogP contribution >= 0.6 is 23.2 Å². The number of amides is 1. The molecule has 1 heterocycles. The molecule has 0 aromatic heterocycles. The first-order valence-corrected chi connectivity index (χ1v) is 10.7. The lowest BCUT2D eigenvalue weighted by atomic mass is 9.73. The summed E-state index contributed by atoms with van der Waals surface area (Å²) in [6.45, 7) is -0.640. The molecule has 1 saturated carbocycles. The van der Waals surface area contributed by atoms with E-state index in [1.165, 1.54) is 36.4 Å². The van der Waals surface area contributed by atoms with E-state index in [9.17, 15) is 28.7 Å². The molecule has 0 radical (unpaired) electrons. The summed E-state index contributed by atoms with van der Waals surface area (Å²) in [6.07, 6.45) is -0.277. The molecule has 2 aliphatic rings. The molecule has 6 nitrogen and oxygen atoms in total. The molecule has 0 saturated heterocycles. The molecular weight excluding hydrogens is 460 g/mol. The van der Waals surface area contributed by atoms with Crippen LogP contribution in [0.3, 0.4) is 0 Å². The molecule has 166 valence electrons. The van der Waals surface area contributed by atoms with E-state index in [0.717, 1.165) is 4.90 Å². The fraction of sp³-hybridized carbons (Fsp3) is 0.304. The van der Waals surface area contributed by atoms with Gasteiger partial charge in [0.15, 0.2) is 5.78 Å². The van der Waals surface area contributed by atoms with E-state index in [2.05, 4.69) is 0 Å². The Morgan fingerprint density at radius 2 is 1.88 bits per heavy atom. The number of fused-ring (bicyclic) bond motifs is 2. The fourth-order valence-corrected chi connectivity index (χ4v) is 5.09. The highest BCUT2D eigenvalue weighted by Gasteiger charge is 2.58. The molecule has 2 aromatic rings. The smallest absolute Gasteiger partial charge is 0.323 e. The van der Waals surface area contributed by atoms with Crippen molar-refractivity contribution in [1.29, 1.82) is 0 Å². The number of Topliss-reactive ketones (excluding diaryl/α,β-unsaturated/α-hetero) is 2. The summed E-state index contributed by atoms with van der Waals surface area (Å²) in [5.41, 5.74) is -0.830. The summed E-state index contributed by atoms with van der Waals surface area (Å²) in [6, 6.07) is 8.34. The monoisotopic (exact) mass is 477 g/mol. The zero-order valence-corrected chi connectivity index (χ0v) is 18.3. The number of carboxylic acids is 1. The van der Waals surface area contributed by atoms with E-state index in [1.54, 1.807) is 0 Å². The third kappa shape index (κ3) is 3.80. The van der Waals surface area contributed by atoms with Gasteiger partial charge in [0.2, 0.25) is 5.91 Å². The molecule has 1 spiro atoms. The third-order valence-electron chi connectivity index (χ3n) is 6.06. The number of aliphatic carboxylic acids is 1. The maximum absolute atomic E-state index is 13.7. The van der Waals surface area contributed by atoms with Crippen molar-refractivity contribution in [3.63, 3.8) is 0 Å². The van der Waals surface area contributed by atoms with Crippen LogP contribution in [0, 0.1) is 11.7 Å². The fourth-order valence-electron chi connectivity index (χ4n) is 4.73. The van der Waals surface area contributed by atoms with Crippen molar-refractivity contribution in [1.82, 2.24) is 0 Å². The van der Waals surface area contributed by atoms with Gasteiger partial charge in [-0.3, -0.25) is 24.1 Å². The highest BCUT2D eigenvalue weighted by molar-refractivity contribution is 6.32. The van der Waals surface area contributed by atoms with Crippen LogP contribution in [0.1, 0.15) is 30.4 Å². The predicted octanol–water partition coefficient (Wildman–Crippen LogP) is 3.98. The normalized spacial score (nSPS) is 22.9. The molecular formula is C23H18Cl2FNO5. The Morgan fingerprint density at radius 3 is 2.59 bits per heavy atom. The van der Waals surface area contributed by atoms with Gasteiger partial charge in [-0.1, -0.05) is 23.2 Å². The summed E-state index contributed by atoms with van der Waals surface area (Å²) >= 11 is 12.3. The Morgan fingerprint density at radius 1 is 1.12 bits per heavy atom. The highest BCUT2D eigenvalue weighted by atomic mass is 35.5. The minimum atomic E-state index is -1.81. The van der Waals surface area contributed by atoms with E-state index in [0.29, 0.717) is 10.6 Å². The van der Waals surface area contributed by atoms with Gasteiger partial charge in [0.1, 0.15) is 23.6 Å². The molecule has 2 unspecified atom stereocenters. The Labute approximate surface area is 192 Å². The van der Waals surface area contributed by atoms with Gasteiger partial charge >= 0.3 is 5.97 Å². The minimum absolute atomic E-state index is 0.0163. The number of carbonyl (C=O) groups excluding carboxylic acids is 3. The average molecular weight is 478 g/mol. The number of hydrogen-bond acceptors (Lipinski definition) is 4. The minimum Gasteiger partial charge on any atom is -0.480 e. The zero-order valence-electron chi connectivity index (χ0n) is 16.7. The summed E-state index contributed by atoms with van der Waals surface area (Å²) in [7, 11) is 0. The van der Waals surface area contributed by atoms with E-state index in [4.69, 9.17) is 23.2 Å². The number of anilines is 1. The third-order valence-corrected chi connectivity index (χ3v) is 6.66. The van der Waals surface area contributed by atoms with Crippen molar-refractivity contribution in [2.45, 2.75) is 31.1 Å². The quantitative estimate of drug-likeness (QED) is 0.672. The molecule has 32 heavy (non-hydrogen) atoms. The first kappa shape index (κ1) is 22.4. The van der Waals surface area contributed by atoms with Crippen LogP contribution in [0.4, 0.5) is 10.1 Å². The maximum Gasteiger partial charge on any atom is 0.323 e. The van der Waals surface area contributed by atoms with Gasteiger partial charge in [-0.2, -0.15) is 0 Å². The van der Waals surface area contributed by atoms with E-state index >= 15 is 0 Å². The Bertz CT molecular complexity index is 1170. The van der Waals surface area contributed by atoms with Crippen molar-refractivity contribution in [3.8, 4) is 0 Å². The molecule has 1 N–H and O–H groups in total. The average Bonchev–Trinajstić information content (AvgIpc) is 2.84. The number of nitrogens with zero attached hydrogens (tertiary/aromatic N) is 1. The molecule has 1 fully saturated rings. The molecule has 1 amide bonds. The van der Waals surface area contributed by atoms with Crippen LogP contribution in [-0.2, 0) is 31.0 Å². The van der Waals surface area contributed by atoms with Gasteiger partial charge < -0.3 is 5.11 Å². The first-order valence-electron chi connectivity index (χ1n) is 9.94. The van der Waals surface area contributed by atoms with Crippen LogP contribution < -0.4 is 4.90 Å². The number of halogens is 3. The number of rotatable bonds is 4. The molecule has 2 atom stereocenters. The van der Waals surface area contributed by atoms with E-state index < -0.39 is 41.4 Å². The van der Waals surface area contributed by atoms with Crippen molar-refractivity contribution in [2.75, 3.05) is 11.4 Å². The standard InChI is InChI=1S/C23H18Cl2FNO5/c24-14-1-4-19-17(9-14)23(22(32)27(19)11-21(30)31)10-16(28)6-12(7-20(23)29)5-13-8-15(26)2-3-18(13)25/h1-4,8-9,12H,5-7,10-11H2,(H,30,31). The topological polar surface area (TPSA) is 91.8 Å². The molecule has 2 aromatic carbocycles. The number of carboxylic acid groups (broad SMARTS) is 1. The lowest BCUT2D eigenvalue weighted by molar-refractivity contribution is -0.140. The predicted molar refractivity (Wildman–Crippen MR) is 116 cm³/mol. The summed E-state index contributed by atoms with van der Waals surface area (Å²) < 4.78 is 13.7. The second-order valence-corrected chi connectivity index (χ2v) is 9.05. The van der Waals surface area contributed by atoms with Gasteiger partial charge in [0, 0.05) is 40.6 Å². The van der Waals surface area contributed by atoms with Crippen LogP contribution in [0.5, 0.6) is 0 Å². The number of carbonyl (C=O) groups is 4. The van der Waals surface area contributed by atoms with E-state index in [1.807, 2.05) is 0 Å². The van der Waals surface area contributed by atoms with E-state index in [-0.39, 0.29) is 47.7 Å². The number of hydrogen-bond donors (Lipinski definition) is 1. The zero-order chi connectivity index (χ0) is 23.2. The lowest BCUT2D eigenvalue weighted by Gasteiger charge is -2.25. The van der Waals surface area contributed by atoms with Crippen LogP contribution in [0.2, 0.25) is 10.0 Å². The van der Waals surface area contributed by atoms with Crippen molar-refractivity contribution < 1.29 is 28.7 Å². The molecule has 0 bridgehead atoms. The highest BCUT2D eigenvalue weighted by Crippen LogP contribution is 2.48. The van der Waals surface area contributed by atoms with Gasteiger partial charge in [0.25, 0.3) is 0 Å². The van der Waals surface area contributed by atoms with Crippen molar-refractivity contribution in [3.05, 3.63) is 63.4 Å². The van der Waals surface area contributed by atoms with Crippen LogP contribution in [0.15, 0.2) is 36.4 Å². The maximum atomic E-state index is 13.7. The summed E-state index contributed by atoms with van der Waals surface area (Å²) in [4.78, 5) is 52.3. The second kappa shape index (κ2) is 8.30. The molecule has 1 aliphatic heterocycles. The van der Waals surface area contributed by atoms with Gasteiger partial charge in [-0.05, 0) is 54.3 Å². The SMILES string of the molecule is O=C(O)CN1C(=O)C2(CC(=O)CC(Cc3cc(F)ccc3Cl)CC2=O)c2cc(Cl)ccc21. The van der Waals surface area contributed by atoms with Gasteiger partial charge in [0.05, 0.1) is 0 Å². The number of benzene rings is 2. The molecule has 4 rings (SSSR count). The molecule has 9 heteroatoms. The second-order valence-electron chi connectivity index (χ2n) is 8.20. The first-order chi connectivity index (χ1) is 15.1. The van der Waals surface area contributed by atoms with Crippen molar-refractivity contribution in [2.24, 2.45) is 5.92 Å². The van der Waals surface area contributed by atoms with Gasteiger partial charge in [-0.25, -0.2) is 4.39 Å². The van der Waals surface area contributed by atoms with Crippen LogP contribution in [0.25, 0.3) is 0 Å². The molecule has 1 aliphatic carbocycles. The summed E-state index contributed by atoms with van der Waals surface area (Å²) in [5.74, 6) is -3.74. The lowest BCUT2D eigenvalue weighted by Crippen LogP contribution is -2.48. The van der Waals surface area contributed by atoms with Gasteiger partial charge in [-0.15, -0.1) is 0 Å². The number of ketones is 2. The Balaban J connectivity index is 1.74. The Kier molecular flexibility index (Phi) is 5.81. The Hall–Kier alpha value is -2.77. The van der Waals surface area contributed by atoms with Crippen molar-refractivity contribution >= 4 is 52.3 Å².